The van der Waals surface area contributed by atoms with Gasteiger partial charge in [0.05, 0.1) is 11.6 Å². The lowest BCUT2D eigenvalue weighted by molar-refractivity contribution is -0.138. The minimum absolute atomic E-state index is 0.0130. The summed E-state index contributed by atoms with van der Waals surface area (Å²) in [6, 6.07) is 4.35. The highest BCUT2D eigenvalue weighted by atomic mass is 19.4. The van der Waals surface area contributed by atoms with E-state index in [0.717, 1.165) is 6.07 Å². The molecule has 1 rings (SSSR count). The lowest BCUT2D eigenvalue weighted by Gasteiger charge is -2.14. The van der Waals surface area contributed by atoms with Gasteiger partial charge in [-0.05, 0) is 24.1 Å². The van der Waals surface area contributed by atoms with Gasteiger partial charge in [0.1, 0.15) is 6.04 Å². The van der Waals surface area contributed by atoms with Crippen molar-refractivity contribution in [3.05, 3.63) is 34.9 Å². The Hall–Kier alpha value is -1.54. The normalized spacial score (nSPS) is 13.3. The molecular weight excluding hydrogens is 205 g/mol. The lowest BCUT2D eigenvalue weighted by Crippen LogP contribution is -2.14. The molecule has 0 amide bonds. The second kappa shape index (κ2) is 3.91. The van der Waals surface area contributed by atoms with E-state index in [1.807, 2.05) is 0 Å². The zero-order valence-electron chi connectivity index (χ0n) is 7.97. The molecule has 1 aromatic rings. The van der Waals surface area contributed by atoms with E-state index in [1.165, 1.54) is 19.1 Å². The van der Waals surface area contributed by atoms with E-state index < -0.39 is 17.8 Å². The van der Waals surface area contributed by atoms with E-state index >= 15 is 0 Å². The zero-order valence-corrected chi connectivity index (χ0v) is 7.97. The number of nitriles is 1. The molecule has 0 fully saturated rings. The molecule has 0 aliphatic rings. The van der Waals surface area contributed by atoms with Crippen molar-refractivity contribution in [2.75, 3.05) is 0 Å². The number of alkyl halides is 3. The van der Waals surface area contributed by atoms with Gasteiger partial charge in [-0.1, -0.05) is 12.1 Å². The van der Waals surface area contributed by atoms with Crippen molar-refractivity contribution in [2.45, 2.75) is 19.1 Å². The molecule has 0 bridgehead atoms. The van der Waals surface area contributed by atoms with Crippen LogP contribution in [0.1, 0.15) is 22.7 Å². The van der Waals surface area contributed by atoms with Gasteiger partial charge < -0.3 is 5.73 Å². The van der Waals surface area contributed by atoms with Crippen molar-refractivity contribution in [1.82, 2.24) is 0 Å². The van der Waals surface area contributed by atoms with Gasteiger partial charge in [0.15, 0.2) is 0 Å². The lowest BCUT2D eigenvalue weighted by atomic mass is 9.97. The molecule has 0 saturated carbocycles. The second-order valence-electron chi connectivity index (χ2n) is 3.12. The summed E-state index contributed by atoms with van der Waals surface area (Å²) in [5.41, 5.74) is 4.86. The Kier molecular flexibility index (Phi) is 3.01. The Balaban J connectivity index is 3.31. The number of hydrogen-bond donors (Lipinski definition) is 1. The van der Waals surface area contributed by atoms with Crippen molar-refractivity contribution in [2.24, 2.45) is 5.73 Å². The van der Waals surface area contributed by atoms with Crippen LogP contribution >= 0.6 is 0 Å². The van der Waals surface area contributed by atoms with Gasteiger partial charge in [0.25, 0.3) is 0 Å². The highest BCUT2D eigenvalue weighted by Crippen LogP contribution is 2.33. The van der Waals surface area contributed by atoms with Crippen molar-refractivity contribution < 1.29 is 13.2 Å². The fraction of sp³-hybridized carbons (Fsp3) is 0.300. The smallest absolute Gasteiger partial charge is 0.312 e. The first-order chi connectivity index (χ1) is 6.88. The number of rotatable bonds is 1. The molecule has 0 unspecified atom stereocenters. The summed E-state index contributed by atoms with van der Waals surface area (Å²) in [7, 11) is 0. The summed E-state index contributed by atoms with van der Waals surface area (Å²) in [4.78, 5) is 0. The molecule has 0 spiro atoms. The van der Waals surface area contributed by atoms with Gasteiger partial charge in [-0.15, -0.1) is 0 Å². The molecule has 0 aliphatic carbocycles. The van der Waals surface area contributed by atoms with Crippen molar-refractivity contribution in [3.63, 3.8) is 0 Å². The first kappa shape index (κ1) is 11.5. The number of halogens is 3. The third kappa shape index (κ3) is 2.28. The van der Waals surface area contributed by atoms with Gasteiger partial charge >= 0.3 is 6.18 Å². The molecule has 1 aromatic carbocycles. The topological polar surface area (TPSA) is 49.8 Å². The van der Waals surface area contributed by atoms with Gasteiger partial charge in [-0.25, -0.2) is 0 Å². The third-order valence-corrected chi connectivity index (χ3v) is 2.16. The van der Waals surface area contributed by atoms with Crippen molar-refractivity contribution in [3.8, 4) is 6.07 Å². The largest absolute Gasteiger partial charge is 0.416 e. The van der Waals surface area contributed by atoms with Gasteiger partial charge in [-0.3, -0.25) is 0 Å². The monoisotopic (exact) mass is 214 g/mol. The average molecular weight is 214 g/mol. The summed E-state index contributed by atoms with van der Waals surface area (Å²) in [5, 5.41) is 8.55. The van der Waals surface area contributed by atoms with Gasteiger partial charge in [-0.2, -0.15) is 18.4 Å². The van der Waals surface area contributed by atoms with Crippen LogP contribution in [0.2, 0.25) is 0 Å². The summed E-state index contributed by atoms with van der Waals surface area (Å²) in [6.07, 6.45) is -4.41. The molecule has 2 N–H and O–H groups in total. The third-order valence-electron chi connectivity index (χ3n) is 2.16. The molecule has 80 valence electrons. The summed E-state index contributed by atoms with van der Waals surface area (Å²) >= 11 is 0. The van der Waals surface area contributed by atoms with Crippen LogP contribution < -0.4 is 5.73 Å². The Bertz CT molecular complexity index is 404. The van der Waals surface area contributed by atoms with Crippen LogP contribution in [0, 0.1) is 18.3 Å². The van der Waals surface area contributed by atoms with Crippen LogP contribution in [-0.2, 0) is 6.18 Å². The Morgan fingerprint density at radius 1 is 1.40 bits per heavy atom. The first-order valence-corrected chi connectivity index (χ1v) is 4.20. The molecule has 0 heterocycles. The van der Waals surface area contributed by atoms with Crippen LogP contribution in [0.25, 0.3) is 0 Å². The Morgan fingerprint density at radius 2 is 2.00 bits per heavy atom. The number of hydrogen-bond acceptors (Lipinski definition) is 2. The minimum Gasteiger partial charge on any atom is -0.312 e. The average Bonchev–Trinajstić information content (AvgIpc) is 2.15. The highest BCUT2D eigenvalue weighted by molar-refractivity contribution is 5.39. The van der Waals surface area contributed by atoms with Crippen LogP contribution in [0.5, 0.6) is 0 Å². The predicted octanol–water partition coefficient (Wildman–Crippen LogP) is 2.54. The first-order valence-electron chi connectivity index (χ1n) is 4.20. The van der Waals surface area contributed by atoms with Gasteiger partial charge in [0, 0.05) is 0 Å². The standard InChI is InChI=1S/C10H9F3N2/c1-6-7(9(15)5-14)3-2-4-8(6)10(11,12)13/h2-4,9H,15H2,1H3/t9-/m1/s1. The number of nitrogens with two attached hydrogens (primary N) is 1. The van der Waals surface area contributed by atoms with E-state index in [0.29, 0.717) is 0 Å². The number of nitrogens with zero attached hydrogens (tertiary/aromatic N) is 1. The van der Waals surface area contributed by atoms with Crippen LogP contribution in [-0.4, -0.2) is 0 Å². The number of benzene rings is 1. The van der Waals surface area contributed by atoms with Crippen LogP contribution in [0.4, 0.5) is 13.2 Å². The highest BCUT2D eigenvalue weighted by Gasteiger charge is 2.33. The molecule has 0 aromatic heterocycles. The molecule has 0 aliphatic heterocycles. The maximum absolute atomic E-state index is 12.5. The second-order valence-corrected chi connectivity index (χ2v) is 3.12. The molecule has 15 heavy (non-hydrogen) atoms. The summed E-state index contributed by atoms with van der Waals surface area (Å²) in [5.74, 6) is 0. The zero-order chi connectivity index (χ0) is 11.6. The summed E-state index contributed by atoms with van der Waals surface area (Å²) in [6.45, 7) is 1.31. The minimum atomic E-state index is -4.41. The predicted molar refractivity (Wildman–Crippen MR) is 48.7 cm³/mol. The fourth-order valence-electron chi connectivity index (χ4n) is 1.37. The van der Waals surface area contributed by atoms with E-state index in [9.17, 15) is 13.2 Å². The van der Waals surface area contributed by atoms with E-state index in [2.05, 4.69) is 0 Å². The SMILES string of the molecule is Cc1c([C@H](N)C#N)cccc1C(F)(F)F. The van der Waals surface area contributed by atoms with Crippen molar-refractivity contribution >= 4 is 0 Å². The van der Waals surface area contributed by atoms with Crippen LogP contribution in [0.15, 0.2) is 18.2 Å². The quantitative estimate of drug-likeness (QED) is 0.780. The fourth-order valence-corrected chi connectivity index (χ4v) is 1.37. The van der Waals surface area contributed by atoms with E-state index in [-0.39, 0.29) is 11.1 Å². The maximum atomic E-state index is 12.5. The van der Waals surface area contributed by atoms with Crippen molar-refractivity contribution in [1.29, 1.82) is 5.26 Å². The summed E-state index contributed by atoms with van der Waals surface area (Å²) < 4.78 is 37.4. The Labute approximate surface area is 85.1 Å². The maximum Gasteiger partial charge on any atom is 0.416 e. The van der Waals surface area contributed by atoms with E-state index in [4.69, 9.17) is 11.0 Å². The van der Waals surface area contributed by atoms with Gasteiger partial charge in [0.2, 0.25) is 0 Å². The molecule has 1 atom stereocenters. The molecule has 0 radical (unpaired) electrons. The molecule has 2 nitrogen and oxygen atoms in total. The molecule has 5 heteroatoms. The Morgan fingerprint density at radius 3 is 2.47 bits per heavy atom. The van der Waals surface area contributed by atoms with E-state index in [1.54, 1.807) is 6.07 Å². The molecular formula is C10H9F3N2. The van der Waals surface area contributed by atoms with Crippen LogP contribution in [0.3, 0.4) is 0 Å². The molecule has 0 saturated heterocycles.